The molecule has 0 saturated heterocycles. The van der Waals surface area contributed by atoms with E-state index >= 15 is 0 Å². The molecule has 0 rings (SSSR count). The van der Waals surface area contributed by atoms with E-state index in [1.807, 2.05) is 0 Å². The highest BCUT2D eigenvalue weighted by atomic mass is 16.2. The first-order chi connectivity index (χ1) is 8.10. The van der Waals surface area contributed by atoms with E-state index in [9.17, 15) is 14.4 Å². The van der Waals surface area contributed by atoms with Crippen LogP contribution in [0.2, 0.25) is 0 Å². The summed E-state index contributed by atoms with van der Waals surface area (Å²) < 4.78 is 0. The summed E-state index contributed by atoms with van der Waals surface area (Å²) in [5, 5.41) is 0. The fourth-order valence-corrected chi connectivity index (χ4v) is 1.66. The second-order valence-electron chi connectivity index (χ2n) is 8.28. The SMILES string of the molecule is CC(C)(C)C(=O)C(C(=O)C(C)(C)C)C(=O)C(C)(C)C. The molecule has 0 aromatic heterocycles. The van der Waals surface area contributed by atoms with E-state index in [0.717, 1.165) is 0 Å². The Labute approximate surface area is 117 Å². The van der Waals surface area contributed by atoms with Crippen molar-refractivity contribution >= 4 is 17.3 Å². The van der Waals surface area contributed by atoms with Crippen molar-refractivity contribution in [2.24, 2.45) is 22.2 Å². The molecule has 0 radical (unpaired) electrons. The molecule has 0 spiro atoms. The third-order valence-electron chi connectivity index (χ3n) is 3.00. The third-order valence-corrected chi connectivity index (χ3v) is 3.00. The molecule has 0 amide bonds. The minimum absolute atomic E-state index is 0.285. The maximum atomic E-state index is 12.5. The monoisotopic (exact) mass is 268 g/mol. The van der Waals surface area contributed by atoms with Gasteiger partial charge in [-0.05, 0) is 0 Å². The number of ketones is 3. The average Bonchev–Trinajstić information content (AvgIpc) is 2.13. The van der Waals surface area contributed by atoms with Gasteiger partial charge in [-0.3, -0.25) is 14.4 Å². The smallest absolute Gasteiger partial charge is 0.156 e. The average molecular weight is 268 g/mol. The largest absolute Gasteiger partial charge is 0.298 e. The van der Waals surface area contributed by atoms with E-state index in [0.29, 0.717) is 0 Å². The van der Waals surface area contributed by atoms with E-state index in [1.165, 1.54) is 0 Å². The molecule has 19 heavy (non-hydrogen) atoms. The summed E-state index contributed by atoms with van der Waals surface area (Å²) in [6.07, 6.45) is 0. The number of carbonyl (C=O) groups is 3. The first-order valence-electron chi connectivity index (χ1n) is 6.73. The van der Waals surface area contributed by atoms with Gasteiger partial charge in [0.05, 0.1) is 0 Å². The molecule has 0 aliphatic heterocycles. The fourth-order valence-electron chi connectivity index (χ4n) is 1.66. The lowest BCUT2D eigenvalue weighted by atomic mass is 9.68. The van der Waals surface area contributed by atoms with Crippen molar-refractivity contribution in [3.05, 3.63) is 0 Å². The van der Waals surface area contributed by atoms with Crippen molar-refractivity contribution in [2.75, 3.05) is 0 Å². The van der Waals surface area contributed by atoms with Gasteiger partial charge in [0, 0.05) is 16.2 Å². The van der Waals surface area contributed by atoms with Crippen LogP contribution in [0.3, 0.4) is 0 Å². The summed E-state index contributed by atoms with van der Waals surface area (Å²) in [6, 6.07) is 0. The van der Waals surface area contributed by atoms with Gasteiger partial charge < -0.3 is 0 Å². The molecule has 0 aliphatic carbocycles. The minimum Gasteiger partial charge on any atom is -0.298 e. The van der Waals surface area contributed by atoms with Gasteiger partial charge in [-0.25, -0.2) is 0 Å². The van der Waals surface area contributed by atoms with Crippen molar-refractivity contribution in [1.82, 2.24) is 0 Å². The van der Waals surface area contributed by atoms with Crippen LogP contribution < -0.4 is 0 Å². The van der Waals surface area contributed by atoms with Gasteiger partial charge in [-0.2, -0.15) is 0 Å². The summed E-state index contributed by atoms with van der Waals surface area (Å²) in [5.74, 6) is -2.01. The van der Waals surface area contributed by atoms with E-state index < -0.39 is 22.2 Å². The highest BCUT2D eigenvalue weighted by molar-refractivity contribution is 6.22. The van der Waals surface area contributed by atoms with E-state index in [4.69, 9.17) is 0 Å². The van der Waals surface area contributed by atoms with Gasteiger partial charge in [0.15, 0.2) is 17.3 Å². The molecule has 0 aromatic rings. The maximum Gasteiger partial charge on any atom is 0.156 e. The normalized spacial score (nSPS) is 13.6. The van der Waals surface area contributed by atoms with Crippen LogP contribution in [0.1, 0.15) is 62.3 Å². The van der Waals surface area contributed by atoms with Crippen LogP contribution in [0.25, 0.3) is 0 Å². The first kappa shape index (κ1) is 18.0. The summed E-state index contributed by atoms with van der Waals surface area (Å²) in [5.41, 5.74) is -2.11. The molecular weight excluding hydrogens is 240 g/mol. The summed E-state index contributed by atoms with van der Waals surface area (Å²) in [7, 11) is 0. The van der Waals surface area contributed by atoms with Gasteiger partial charge in [-0.15, -0.1) is 0 Å². The van der Waals surface area contributed by atoms with Crippen molar-refractivity contribution in [2.45, 2.75) is 62.3 Å². The number of Topliss-reactive ketones (excluding diaryl/α,β-unsaturated/α-hetero) is 3. The van der Waals surface area contributed by atoms with Crippen molar-refractivity contribution in [3.8, 4) is 0 Å². The highest BCUT2D eigenvalue weighted by Gasteiger charge is 2.46. The molecule has 0 atom stereocenters. The molecule has 0 bridgehead atoms. The number of hydrogen-bond donors (Lipinski definition) is 0. The quantitative estimate of drug-likeness (QED) is 0.737. The van der Waals surface area contributed by atoms with Crippen LogP contribution in [-0.2, 0) is 14.4 Å². The molecule has 0 unspecified atom stereocenters. The van der Waals surface area contributed by atoms with Crippen LogP contribution in [0, 0.1) is 22.2 Å². The van der Waals surface area contributed by atoms with Crippen LogP contribution in [0.15, 0.2) is 0 Å². The summed E-state index contributed by atoms with van der Waals surface area (Å²) >= 11 is 0. The van der Waals surface area contributed by atoms with Crippen molar-refractivity contribution in [1.29, 1.82) is 0 Å². The second kappa shape index (κ2) is 5.18. The molecule has 3 heteroatoms. The molecule has 0 aromatic carbocycles. The Morgan fingerprint density at radius 1 is 0.526 bits per heavy atom. The first-order valence-corrected chi connectivity index (χ1v) is 6.73. The molecule has 110 valence electrons. The van der Waals surface area contributed by atoms with E-state index in [2.05, 4.69) is 0 Å². The molecule has 0 saturated carbocycles. The lowest BCUT2D eigenvalue weighted by Gasteiger charge is -2.31. The van der Waals surface area contributed by atoms with Crippen LogP contribution >= 0.6 is 0 Å². The van der Waals surface area contributed by atoms with Crippen molar-refractivity contribution < 1.29 is 14.4 Å². The number of rotatable bonds is 3. The fraction of sp³-hybridized carbons (Fsp3) is 0.812. The standard InChI is InChI=1S/C16H28O3/c1-14(2,3)11(17)10(12(18)15(4,5)6)13(19)16(7,8)9/h10H,1-9H3. The highest BCUT2D eigenvalue weighted by Crippen LogP contribution is 2.32. The topological polar surface area (TPSA) is 51.2 Å². The predicted molar refractivity (Wildman–Crippen MR) is 76.9 cm³/mol. The van der Waals surface area contributed by atoms with Crippen LogP contribution in [-0.4, -0.2) is 17.3 Å². The maximum absolute atomic E-state index is 12.5. The molecular formula is C16H28O3. The molecule has 3 nitrogen and oxygen atoms in total. The molecule has 0 heterocycles. The zero-order valence-electron chi connectivity index (χ0n) is 13.8. The Morgan fingerprint density at radius 2 is 0.684 bits per heavy atom. The van der Waals surface area contributed by atoms with Crippen LogP contribution in [0.4, 0.5) is 0 Å². The van der Waals surface area contributed by atoms with Crippen molar-refractivity contribution in [3.63, 3.8) is 0 Å². The Morgan fingerprint density at radius 3 is 0.789 bits per heavy atom. The predicted octanol–water partition coefficient (Wildman–Crippen LogP) is 3.45. The zero-order chi connectivity index (χ0) is 15.8. The van der Waals surface area contributed by atoms with Gasteiger partial charge in [0.1, 0.15) is 5.92 Å². The third kappa shape index (κ3) is 4.55. The summed E-state index contributed by atoms with van der Waals surface area (Å²) in [6.45, 7) is 15.7. The Balaban J connectivity index is 5.74. The van der Waals surface area contributed by atoms with E-state index in [-0.39, 0.29) is 17.3 Å². The Hall–Kier alpha value is -0.990. The minimum atomic E-state index is -1.15. The van der Waals surface area contributed by atoms with Gasteiger partial charge in [0.2, 0.25) is 0 Å². The summed E-state index contributed by atoms with van der Waals surface area (Å²) in [4.78, 5) is 37.5. The molecule has 0 N–H and O–H groups in total. The Kier molecular flexibility index (Phi) is 4.91. The Bertz CT molecular complexity index is 322. The van der Waals surface area contributed by atoms with Gasteiger partial charge in [0.25, 0.3) is 0 Å². The van der Waals surface area contributed by atoms with Crippen LogP contribution in [0.5, 0.6) is 0 Å². The zero-order valence-corrected chi connectivity index (χ0v) is 13.8. The molecule has 0 fully saturated rings. The number of hydrogen-bond acceptors (Lipinski definition) is 3. The van der Waals surface area contributed by atoms with Gasteiger partial charge >= 0.3 is 0 Å². The number of carbonyl (C=O) groups excluding carboxylic acids is 3. The lowest BCUT2D eigenvalue weighted by molar-refractivity contribution is -0.150. The lowest BCUT2D eigenvalue weighted by Crippen LogP contribution is -2.47. The second-order valence-corrected chi connectivity index (χ2v) is 8.28. The van der Waals surface area contributed by atoms with Gasteiger partial charge in [-0.1, -0.05) is 62.3 Å². The van der Waals surface area contributed by atoms with E-state index in [1.54, 1.807) is 62.3 Å². The molecule has 0 aliphatic rings.